The maximum atomic E-state index is 12.4. The summed E-state index contributed by atoms with van der Waals surface area (Å²) in [5.41, 5.74) is 2.40. The number of hydrogen-bond acceptors (Lipinski definition) is 3. The summed E-state index contributed by atoms with van der Waals surface area (Å²) in [6.45, 7) is 0. The van der Waals surface area contributed by atoms with Crippen LogP contribution in [0.4, 0.5) is 0 Å². The fourth-order valence-electron chi connectivity index (χ4n) is 2.14. The third-order valence-electron chi connectivity index (χ3n) is 3.13. The van der Waals surface area contributed by atoms with Gasteiger partial charge in [-0.05, 0) is 23.6 Å². The summed E-state index contributed by atoms with van der Waals surface area (Å²) >= 11 is 1.63. The number of amides is 1. The third-order valence-corrected chi connectivity index (χ3v) is 4.02. The van der Waals surface area contributed by atoms with E-state index in [-0.39, 0.29) is 5.91 Å². The van der Waals surface area contributed by atoms with Crippen LogP contribution in [-0.2, 0) is 0 Å². The van der Waals surface area contributed by atoms with Crippen molar-refractivity contribution in [1.29, 1.82) is 0 Å². The van der Waals surface area contributed by atoms with Crippen molar-refractivity contribution in [2.45, 2.75) is 0 Å². The monoisotopic (exact) mass is 282 g/mol. The molecule has 0 bridgehead atoms. The molecule has 0 fully saturated rings. The highest BCUT2D eigenvalue weighted by Gasteiger charge is 2.15. The van der Waals surface area contributed by atoms with Crippen LogP contribution in [0.5, 0.6) is 0 Å². The second-order valence-corrected chi connectivity index (χ2v) is 5.70. The van der Waals surface area contributed by atoms with Crippen LogP contribution in [0.3, 0.4) is 0 Å². The molecule has 0 N–H and O–H groups in total. The van der Waals surface area contributed by atoms with E-state index in [1.165, 1.54) is 0 Å². The first kappa shape index (κ1) is 12.8. The Kier molecular flexibility index (Phi) is 3.24. The molecule has 0 saturated heterocycles. The molecule has 0 aliphatic rings. The molecule has 20 heavy (non-hydrogen) atoms. The number of nitrogens with zero attached hydrogens (tertiary/aromatic N) is 2. The molecule has 0 atom stereocenters. The van der Waals surface area contributed by atoms with Gasteiger partial charge in [0.05, 0.1) is 21.7 Å². The number of hydrogen-bond donors (Lipinski definition) is 0. The van der Waals surface area contributed by atoms with E-state index in [4.69, 9.17) is 0 Å². The molecule has 1 aromatic carbocycles. The topological polar surface area (TPSA) is 33.2 Å². The van der Waals surface area contributed by atoms with E-state index in [1.807, 2.05) is 47.8 Å². The highest BCUT2D eigenvalue weighted by Crippen LogP contribution is 2.28. The quantitative estimate of drug-likeness (QED) is 0.718. The molecule has 0 unspecified atom stereocenters. The van der Waals surface area contributed by atoms with Gasteiger partial charge in [-0.1, -0.05) is 24.3 Å². The van der Waals surface area contributed by atoms with Gasteiger partial charge in [-0.2, -0.15) is 0 Å². The zero-order chi connectivity index (χ0) is 14.1. The number of carbonyl (C=O) groups excluding carboxylic acids is 1. The highest BCUT2D eigenvalue weighted by atomic mass is 32.1. The zero-order valence-electron chi connectivity index (χ0n) is 11.3. The van der Waals surface area contributed by atoms with Gasteiger partial charge in [0.25, 0.3) is 5.91 Å². The van der Waals surface area contributed by atoms with Crippen molar-refractivity contribution in [2.24, 2.45) is 0 Å². The zero-order valence-corrected chi connectivity index (χ0v) is 12.1. The molecule has 3 aromatic rings. The molecule has 0 aliphatic heterocycles. The molecule has 4 heteroatoms. The van der Waals surface area contributed by atoms with Gasteiger partial charge in [0.15, 0.2) is 0 Å². The van der Waals surface area contributed by atoms with Gasteiger partial charge in [0, 0.05) is 19.5 Å². The van der Waals surface area contributed by atoms with E-state index in [9.17, 15) is 4.79 Å². The lowest BCUT2D eigenvalue weighted by Crippen LogP contribution is -2.22. The number of rotatable bonds is 2. The number of thiophene rings is 1. The predicted molar refractivity (Wildman–Crippen MR) is 83.1 cm³/mol. The Hall–Kier alpha value is -2.20. The van der Waals surface area contributed by atoms with E-state index in [2.05, 4.69) is 4.98 Å². The highest BCUT2D eigenvalue weighted by molar-refractivity contribution is 7.13. The van der Waals surface area contributed by atoms with E-state index in [1.54, 1.807) is 30.3 Å². The van der Waals surface area contributed by atoms with Crippen LogP contribution in [0.25, 0.3) is 21.5 Å². The van der Waals surface area contributed by atoms with Gasteiger partial charge >= 0.3 is 0 Å². The molecule has 0 aliphatic carbocycles. The van der Waals surface area contributed by atoms with Crippen LogP contribution in [-0.4, -0.2) is 29.9 Å². The molecule has 2 heterocycles. The van der Waals surface area contributed by atoms with Gasteiger partial charge in [0.2, 0.25) is 0 Å². The molecule has 0 spiro atoms. The summed E-state index contributed by atoms with van der Waals surface area (Å²) in [5.74, 6) is 0.00130. The smallest absolute Gasteiger partial charge is 0.254 e. The standard InChI is InChI=1S/C16H14N2OS/c1-18(2)16(19)12-10-14(15-8-5-9-20-15)17-13-7-4-3-6-11(12)13/h3-10H,1-2H3. The average molecular weight is 282 g/mol. The lowest BCUT2D eigenvalue weighted by atomic mass is 10.1. The number of para-hydroxylation sites is 1. The second-order valence-electron chi connectivity index (χ2n) is 4.75. The Labute approximate surface area is 121 Å². The molecule has 3 rings (SSSR count). The summed E-state index contributed by atoms with van der Waals surface area (Å²) in [4.78, 5) is 19.7. The van der Waals surface area contributed by atoms with Crippen molar-refractivity contribution >= 4 is 28.1 Å². The Morgan fingerprint density at radius 2 is 1.95 bits per heavy atom. The number of fused-ring (bicyclic) bond motifs is 1. The van der Waals surface area contributed by atoms with Crippen molar-refractivity contribution in [2.75, 3.05) is 14.1 Å². The molecule has 3 nitrogen and oxygen atoms in total. The summed E-state index contributed by atoms with van der Waals surface area (Å²) in [6, 6.07) is 13.7. The Morgan fingerprint density at radius 3 is 2.65 bits per heavy atom. The Bertz CT molecular complexity index is 763. The normalized spacial score (nSPS) is 10.7. The van der Waals surface area contributed by atoms with E-state index >= 15 is 0 Å². The first-order valence-corrected chi connectivity index (χ1v) is 7.20. The average Bonchev–Trinajstić information content (AvgIpc) is 2.99. The van der Waals surface area contributed by atoms with Gasteiger partial charge in [0.1, 0.15) is 0 Å². The number of aromatic nitrogens is 1. The van der Waals surface area contributed by atoms with E-state index < -0.39 is 0 Å². The minimum Gasteiger partial charge on any atom is -0.345 e. The minimum absolute atomic E-state index is 0.00130. The van der Waals surface area contributed by atoms with Crippen LogP contribution in [0.1, 0.15) is 10.4 Å². The van der Waals surface area contributed by atoms with Gasteiger partial charge in [-0.3, -0.25) is 4.79 Å². The molecular formula is C16H14N2OS. The van der Waals surface area contributed by atoms with Crippen molar-refractivity contribution in [3.05, 3.63) is 53.4 Å². The summed E-state index contributed by atoms with van der Waals surface area (Å²) in [6.07, 6.45) is 0. The fraction of sp³-hybridized carbons (Fsp3) is 0.125. The minimum atomic E-state index is 0.00130. The molecule has 1 amide bonds. The predicted octanol–water partition coefficient (Wildman–Crippen LogP) is 3.67. The Balaban J connectivity index is 2.28. The van der Waals surface area contributed by atoms with E-state index in [0.29, 0.717) is 5.56 Å². The van der Waals surface area contributed by atoms with Crippen LogP contribution < -0.4 is 0 Å². The van der Waals surface area contributed by atoms with Crippen LogP contribution in [0.2, 0.25) is 0 Å². The summed E-state index contributed by atoms with van der Waals surface area (Å²) < 4.78 is 0. The third kappa shape index (κ3) is 2.18. The first-order chi connectivity index (χ1) is 9.66. The van der Waals surface area contributed by atoms with Crippen LogP contribution >= 0.6 is 11.3 Å². The van der Waals surface area contributed by atoms with Crippen molar-refractivity contribution in [1.82, 2.24) is 9.88 Å². The van der Waals surface area contributed by atoms with Gasteiger partial charge < -0.3 is 4.90 Å². The maximum Gasteiger partial charge on any atom is 0.254 e. The maximum absolute atomic E-state index is 12.4. The lowest BCUT2D eigenvalue weighted by molar-refractivity contribution is 0.0829. The molecule has 0 saturated carbocycles. The molecule has 2 aromatic heterocycles. The van der Waals surface area contributed by atoms with Gasteiger partial charge in [-0.15, -0.1) is 11.3 Å². The SMILES string of the molecule is CN(C)C(=O)c1cc(-c2cccs2)nc2ccccc12. The lowest BCUT2D eigenvalue weighted by Gasteiger charge is -2.13. The molecule has 100 valence electrons. The molecular weight excluding hydrogens is 268 g/mol. The second kappa shape index (κ2) is 5.06. The van der Waals surface area contributed by atoms with Crippen LogP contribution in [0.15, 0.2) is 47.8 Å². The molecule has 0 radical (unpaired) electrons. The number of carbonyl (C=O) groups is 1. The van der Waals surface area contributed by atoms with Gasteiger partial charge in [-0.25, -0.2) is 4.98 Å². The summed E-state index contributed by atoms with van der Waals surface area (Å²) in [5, 5.41) is 2.91. The van der Waals surface area contributed by atoms with Crippen LogP contribution in [0, 0.1) is 0 Å². The van der Waals surface area contributed by atoms with Crippen molar-refractivity contribution in [3.8, 4) is 10.6 Å². The number of benzene rings is 1. The van der Waals surface area contributed by atoms with Crippen molar-refractivity contribution < 1.29 is 4.79 Å². The van der Waals surface area contributed by atoms with E-state index in [0.717, 1.165) is 21.5 Å². The Morgan fingerprint density at radius 1 is 1.15 bits per heavy atom. The largest absolute Gasteiger partial charge is 0.345 e. The first-order valence-electron chi connectivity index (χ1n) is 6.32. The summed E-state index contributed by atoms with van der Waals surface area (Å²) in [7, 11) is 3.53. The fourth-order valence-corrected chi connectivity index (χ4v) is 2.83. The number of pyridine rings is 1. The van der Waals surface area contributed by atoms with Crippen molar-refractivity contribution in [3.63, 3.8) is 0 Å².